The Balaban J connectivity index is 2.53. The fraction of sp³-hybridized carbons (Fsp3) is 0.182. The molecule has 3 nitrogen and oxygen atoms in total. The lowest BCUT2D eigenvalue weighted by Crippen LogP contribution is -2.05. The van der Waals surface area contributed by atoms with E-state index in [9.17, 15) is 0 Å². The first-order valence-electron chi connectivity index (χ1n) is 5.06. The van der Waals surface area contributed by atoms with Crippen LogP contribution in [-0.2, 0) is 0 Å². The van der Waals surface area contributed by atoms with Crippen LogP contribution in [0.3, 0.4) is 0 Å². The van der Waals surface area contributed by atoms with Crippen LogP contribution in [0, 0.1) is 0 Å². The predicted octanol–water partition coefficient (Wildman–Crippen LogP) is 4.37. The fourth-order valence-corrected chi connectivity index (χ4v) is 2.35. The maximum absolute atomic E-state index is 6.22. The summed E-state index contributed by atoms with van der Waals surface area (Å²) < 4.78 is 2.64. The van der Waals surface area contributed by atoms with Crippen molar-refractivity contribution in [3.05, 3.63) is 39.0 Å². The average Bonchev–Trinajstić information content (AvgIpc) is 2.75. The van der Waals surface area contributed by atoms with E-state index in [4.69, 9.17) is 23.2 Å². The number of rotatable bonds is 3. The standard InChI is InChI=1S/C11H10BrCl2N3/c1-2-15-11-16-5-6-17(11)8-4-3-7(12)9(13)10(8)14/h3-6H,2H2,1H3,(H,15,16). The van der Waals surface area contributed by atoms with Crippen molar-refractivity contribution in [2.24, 2.45) is 0 Å². The van der Waals surface area contributed by atoms with Crippen molar-refractivity contribution in [1.29, 1.82) is 0 Å². The van der Waals surface area contributed by atoms with E-state index in [2.05, 4.69) is 26.2 Å². The number of nitrogens with zero attached hydrogens (tertiary/aromatic N) is 2. The minimum atomic E-state index is 0.498. The van der Waals surface area contributed by atoms with Crippen molar-refractivity contribution in [2.45, 2.75) is 6.92 Å². The van der Waals surface area contributed by atoms with E-state index in [0.29, 0.717) is 10.0 Å². The second-order valence-electron chi connectivity index (χ2n) is 3.35. The molecule has 6 heteroatoms. The van der Waals surface area contributed by atoms with Gasteiger partial charge in [-0.3, -0.25) is 4.57 Å². The van der Waals surface area contributed by atoms with Crippen LogP contribution < -0.4 is 5.32 Å². The summed E-state index contributed by atoms with van der Waals surface area (Å²) in [5.41, 5.74) is 0.799. The zero-order valence-electron chi connectivity index (χ0n) is 9.04. The molecule has 0 unspecified atom stereocenters. The molecule has 1 aromatic carbocycles. The Morgan fingerprint density at radius 2 is 2.12 bits per heavy atom. The Hall–Kier alpha value is -0.710. The molecule has 0 saturated carbocycles. The van der Waals surface area contributed by atoms with Crippen LogP contribution in [-0.4, -0.2) is 16.1 Å². The van der Waals surface area contributed by atoms with Gasteiger partial charge < -0.3 is 5.32 Å². The number of benzene rings is 1. The Morgan fingerprint density at radius 3 is 2.82 bits per heavy atom. The normalized spacial score (nSPS) is 10.6. The maximum atomic E-state index is 6.22. The Labute approximate surface area is 118 Å². The van der Waals surface area contributed by atoms with Gasteiger partial charge in [0.15, 0.2) is 0 Å². The summed E-state index contributed by atoms with van der Waals surface area (Å²) in [6, 6.07) is 3.75. The number of aromatic nitrogens is 2. The molecular formula is C11H10BrCl2N3. The number of nitrogens with one attached hydrogen (secondary N) is 1. The number of hydrogen-bond acceptors (Lipinski definition) is 2. The first-order chi connectivity index (χ1) is 8.15. The average molecular weight is 335 g/mol. The molecule has 0 atom stereocenters. The summed E-state index contributed by atoms with van der Waals surface area (Å²) in [6.07, 6.45) is 3.55. The monoisotopic (exact) mass is 333 g/mol. The highest BCUT2D eigenvalue weighted by Crippen LogP contribution is 2.35. The van der Waals surface area contributed by atoms with Crippen LogP contribution in [0.25, 0.3) is 5.69 Å². The summed E-state index contributed by atoms with van der Waals surface area (Å²) in [5, 5.41) is 4.15. The van der Waals surface area contributed by atoms with Crippen molar-refractivity contribution in [2.75, 3.05) is 11.9 Å². The second kappa shape index (κ2) is 5.29. The smallest absolute Gasteiger partial charge is 0.207 e. The molecule has 0 aliphatic heterocycles. The third-order valence-corrected chi connectivity index (χ3v) is 4.01. The number of imidazole rings is 1. The van der Waals surface area contributed by atoms with E-state index < -0.39 is 0 Å². The van der Waals surface area contributed by atoms with E-state index in [-0.39, 0.29) is 0 Å². The molecule has 0 bridgehead atoms. The SMILES string of the molecule is CCNc1nccn1-c1ccc(Br)c(Cl)c1Cl. The van der Waals surface area contributed by atoms with Crippen LogP contribution in [0.15, 0.2) is 29.0 Å². The lowest BCUT2D eigenvalue weighted by atomic mass is 10.3. The molecule has 17 heavy (non-hydrogen) atoms. The highest BCUT2D eigenvalue weighted by Gasteiger charge is 2.12. The fourth-order valence-electron chi connectivity index (χ4n) is 1.49. The van der Waals surface area contributed by atoms with Gasteiger partial charge in [0.1, 0.15) is 0 Å². The third kappa shape index (κ3) is 2.44. The topological polar surface area (TPSA) is 29.9 Å². The number of halogens is 3. The molecule has 1 N–H and O–H groups in total. The van der Waals surface area contributed by atoms with Gasteiger partial charge in [-0.25, -0.2) is 4.98 Å². The first kappa shape index (κ1) is 12.7. The van der Waals surface area contributed by atoms with Gasteiger partial charge in [0.25, 0.3) is 0 Å². The molecule has 0 saturated heterocycles. The molecule has 0 aliphatic carbocycles. The van der Waals surface area contributed by atoms with Crippen molar-refractivity contribution >= 4 is 45.1 Å². The van der Waals surface area contributed by atoms with E-state index in [0.717, 1.165) is 22.7 Å². The molecule has 0 radical (unpaired) electrons. The lowest BCUT2D eigenvalue weighted by Gasteiger charge is -2.11. The summed E-state index contributed by atoms with van der Waals surface area (Å²) in [6.45, 7) is 2.80. The van der Waals surface area contributed by atoms with Gasteiger partial charge >= 0.3 is 0 Å². The Bertz CT molecular complexity index is 540. The lowest BCUT2D eigenvalue weighted by molar-refractivity contribution is 1.02. The third-order valence-electron chi connectivity index (χ3n) is 2.25. The molecule has 0 aliphatic rings. The highest BCUT2D eigenvalue weighted by molar-refractivity contribution is 9.10. The summed E-state index contributed by atoms with van der Waals surface area (Å²) in [4.78, 5) is 4.21. The Morgan fingerprint density at radius 1 is 1.35 bits per heavy atom. The first-order valence-corrected chi connectivity index (χ1v) is 6.61. The maximum Gasteiger partial charge on any atom is 0.207 e. The van der Waals surface area contributed by atoms with Gasteiger partial charge in [0.2, 0.25) is 5.95 Å². The zero-order chi connectivity index (χ0) is 12.4. The van der Waals surface area contributed by atoms with E-state index >= 15 is 0 Å². The van der Waals surface area contributed by atoms with Gasteiger partial charge in [-0.05, 0) is 35.0 Å². The zero-order valence-corrected chi connectivity index (χ0v) is 12.1. The van der Waals surface area contributed by atoms with Crippen LogP contribution in [0.1, 0.15) is 6.92 Å². The van der Waals surface area contributed by atoms with Crippen molar-refractivity contribution in [3.8, 4) is 5.69 Å². The molecular weight excluding hydrogens is 325 g/mol. The molecule has 0 amide bonds. The molecule has 1 aromatic heterocycles. The molecule has 0 spiro atoms. The summed E-state index contributed by atoms with van der Waals surface area (Å²) in [7, 11) is 0. The van der Waals surface area contributed by atoms with Crippen LogP contribution >= 0.6 is 39.1 Å². The molecule has 2 rings (SSSR count). The molecule has 2 aromatic rings. The van der Waals surface area contributed by atoms with Gasteiger partial charge in [-0.1, -0.05) is 23.2 Å². The van der Waals surface area contributed by atoms with Crippen LogP contribution in [0.5, 0.6) is 0 Å². The molecule has 1 heterocycles. The molecule has 90 valence electrons. The summed E-state index contributed by atoms with van der Waals surface area (Å²) >= 11 is 15.7. The van der Waals surface area contributed by atoms with Crippen molar-refractivity contribution in [1.82, 2.24) is 9.55 Å². The van der Waals surface area contributed by atoms with Crippen LogP contribution in [0.4, 0.5) is 5.95 Å². The van der Waals surface area contributed by atoms with E-state index in [1.165, 1.54) is 0 Å². The van der Waals surface area contributed by atoms with E-state index in [1.54, 1.807) is 6.20 Å². The van der Waals surface area contributed by atoms with Gasteiger partial charge in [0.05, 0.1) is 15.7 Å². The Kier molecular flexibility index (Phi) is 3.97. The van der Waals surface area contributed by atoms with Gasteiger partial charge in [0, 0.05) is 23.4 Å². The minimum Gasteiger partial charge on any atom is -0.356 e. The highest BCUT2D eigenvalue weighted by atomic mass is 79.9. The largest absolute Gasteiger partial charge is 0.356 e. The van der Waals surface area contributed by atoms with Gasteiger partial charge in [-0.15, -0.1) is 0 Å². The van der Waals surface area contributed by atoms with Crippen molar-refractivity contribution in [3.63, 3.8) is 0 Å². The summed E-state index contributed by atoms with van der Waals surface area (Å²) in [5.74, 6) is 0.743. The van der Waals surface area contributed by atoms with Crippen LogP contribution in [0.2, 0.25) is 10.0 Å². The quantitative estimate of drug-likeness (QED) is 0.844. The number of anilines is 1. The number of hydrogen-bond donors (Lipinski definition) is 1. The minimum absolute atomic E-state index is 0.498. The second-order valence-corrected chi connectivity index (χ2v) is 4.96. The van der Waals surface area contributed by atoms with Gasteiger partial charge in [-0.2, -0.15) is 0 Å². The predicted molar refractivity (Wildman–Crippen MR) is 75.4 cm³/mol. The molecule has 0 fully saturated rings. The van der Waals surface area contributed by atoms with Crippen molar-refractivity contribution < 1.29 is 0 Å². The van der Waals surface area contributed by atoms with E-state index in [1.807, 2.05) is 29.8 Å².